The van der Waals surface area contributed by atoms with Crippen molar-refractivity contribution < 1.29 is 14.6 Å². The van der Waals surface area contributed by atoms with Gasteiger partial charge in [-0.25, -0.2) is 0 Å². The van der Waals surface area contributed by atoms with Crippen molar-refractivity contribution >= 4 is 0 Å². The van der Waals surface area contributed by atoms with Crippen LogP contribution in [0.3, 0.4) is 0 Å². The zero-order valence-electron chi connectivity index (χ0n) is 9.84. The van der Waals surface area contributed by atoms with E-state index in [9.17, 15) is 5.11 Å². The Morgan fingerprint density at radius 3 is 2.94 bits per heavy atom. The molecular formula is C13H19NO3. The summed E-state index contributed by atoms with van der Waals surface area (Å²) in [6, 6.07) is 6.98. The maximum Gasteiger partial charge on any atom is 0.160 e. The summed E-state index contributed by atoms with van der Waals surface area (Å²) >= 11 is 0. The highest BCUT2D eigenvalue weighted by Crippen LogP contribution is 2.27. The fraction of sp³-hybridized carbons (Fsp3) is 0.538. The molecule has 17 heavy (non-hydrogen) atoms. The Balaban J connectivity index is 1.89. The molecule has 1 heterocycles. The molecule has 3 N–H and O–H groups in total. The fourth-order valence-corrected chi connectivity index (χ4v) is 2.10. The first-order chi connectivity index (χ1) is 8.31. The van der Waals surface area contributed by atoms with Crippen molar-refractivity contribution in [2.45, 2.75) is 6.42 Å². The van der Waals surface area contributed by atoms with Crippen molar-refractivity contribution in [3.63, 3.8) is 0 Å². The van der Waals surface area contributed by atoms with Gasteiger partial charge in [-0.15, -0.1) is 0 Å². The average molecular weight is 237 g/mol. The molecule has 0 radical (unpaired) electrons. The third-order valence-corrected chi connectivity index (χ3v) is 3.25. The van der Waals surface area contributed by atoms with Crippen molar-refractivity contribution in [3.8, 4) is 11.5 Å². The van der Waals surface area contributed by atoms with Crippen molar-refractivity contribution in [1.82, 2.24) is 0 Å². The molecule has 1 saturated heterocycles. The largest absolute Gasteiger partial charge is 0.504 e. The zero-order chi connectivity index (χ0) is 12.1. The number of phenols is 1. The first kappa shape index (κ1) is 12.2. The van der Waals surface area contributed by atoms with Crippen LogP contribution in [0.2, 0.25) is 0 Å². The molecule has 2 unspecified atom stereocenters. The van der Waals surface area contributed by atoms with Gasteiger partial charge in [0.1, 0.15) is 0 Å². The molecule has 0 spiro atoms. The van der Waals surface area contributed by atoms with E-state index in [0.29, 0.717) is 24.8 Å². The zero-order valence-corrected chi connectivity index (χ0v) is 9.84. The van der Waals surface area contributed by atoms with E-state index >= 15 is 0 Å². The molecule has 1 aliphatic rings. The summed E-state index contributed by atoms with van der Waals surface area (Å²) in [6.45, 7) is 2.70. The molecule has 4 heteroatoms. The molecule has 0 amide bonds. The molecule has 1 aromatic rings. The molecule has 2 atom stereocenters. The van der Waals surface area contributed by atoms with Crippen molar-refractivity contribution in [2.75, 3.05) is 26.4 Å². The second kappa shape index (κ2) is 5.89. The van der Waals surface area contributed by atoms with Gasteiger partial charge in [-0.1, -0.05) is 12.1 Å². The molecule has 1 fully saturated rings. The molecular weight excluding hydrogens is 218 g/mol. The Hall–Kier alpha value is -1.26. The SMILES string of the molecule is NCC(COc1ccccc1O)C1CCOC1. The fourth-order valence-electron chi connectivity index (χ4n) is 2.10. The second-order valence-electron chi connectivity index (χ2n) is 4.40. The second-order valence-corrected chi connectivity index (χ2v) is 4.40. The van der Waals surface area contributed by atoms with Crippen LogP contribution in [-0.4, -0.2) is 31.5 Å². The number of benzene rings is 1. The van der Waals surface area contributed by atoms with Gasteiger partial charge in [-0.3, -0.25) is 0 Å². The highest BCUT2D eigenvalue weighted by molar-refractivity contribution is 5.37. The predicted octanol–water partition coefficient (Wildman–Crippen LogP) is 1.38. The number of ether oxygens (including phenoxy) is 2. The first-order valence-corrected chi connectivity index (χ1v) is 6.00. The number of hydrogen-bond donors (Lipinski definition) is 2. The lowest BCUT2D eigenvalue weighted by molar-refractivity contribution is 0.149. The molecule has 2 rings (SSSR count). The van der Waals surface area contributed by atoms with Gasteiger partial charge in [0.2, 0.25) is 0 Å². The monoisotopic (exact) mass is 237 g/mol. The minimum Gasteiger partial charge on any atom is -0.504 e. The van der Waals surface area contributed by atoms with Crippen LogP contribution in [0.25, 0.3) is 0 Å². The van der Waals surface area contributed by atoms with Crippen molar-refractivity contribution in [1.29, 1.82) is 0 Å². The number of para-hydroxylation sites is 2. The minimum atomic E-state index is 0.172. The Morgan fingerprint density at radius 2 is 2.29 bits per heavy atom. The maximum absolute atomic E-state index is 9.58. The third-order valence-electron chi connectivity index (χ3n) is 3.25. The maximum atomic E-state index is 9.58. The number of phenolic OH excluding ortho intramolecular Hbond substituents is 1. The lowest BCUT2D eigenvalue weighted by Crippen LogP contribution is -2.29. The Labute approximate surface area is 101 Å². The summed E-state index contributed by atoms with van der Waals surface area (Å²) in [6.07, 6.45) is 1.05. The van der Waals surface area contributed by atoms with Gasteiger partial charge in [-0.2, -0.15) is 0 Å². The molecule has 4 nitrogen and oxygen atoms in total. The molecule has 0 saturated carbocycles. The van der Waals surface area contributed by atoms with Gasteiger partial charge in [0.15, 0.2) is 11.5 Å². The topological polar surface area (TPSA) is 64.7 Å². The van der Waals surface area contributed by atoms with Gasteiger partial charge in [0.25, 0.3) is 0 Å². The van der Waals surface area contributed by atoms with Gasteiger partial charge >= 0.3 is 0 Å². The van der Waals surface area contributed by atoms with E-state index in [-0.39, 0.29) is 11.7 Å². The Morgan fingerprint density at radius 1 is 1.47 bits per heavy atom. The summed E-state index contributed by atoms with van der Waals surface area (Å²) in [4.78, 5) is 0. The van der Waals surface area contributed by atoms with Crippen LogP contribution in [-0.2, 0) is 4.74 Å². The van der Waals surface area contributed by atoms with E-state index in [2.05, 4.69) is 0 Å². The van der Waals surface area contributed by atoms with E-state index < -0.39 is 0 Å². The summed E-state index contributed by atoms with van der Waals surface area (Å²) in [7, 11) is 0. The molecule has 0 bridgehead atoms. The first-order valence-electron chi connectivity index (χ1n) is 6.00. The van der Waals surface area contributed by atoms with Gasteiger partial charge in [-0.05, 0) is 31.0 Å². The highest BCUT2D eigenvalue weighted by Gasteiger charge is 2.25. The van der Waals surface area contributed by atoms with E-state index in [1.807, 2.05) is 6.07 Å². The Bertz CT molecular complexity index is 350. The smallest absolute Gasteiger partial charge is 0.160 e. The number of aromatic hydroxyl groups is 1. The van der Waals surface area contributed by atoms with Gasteiger partial charge < -0.3 is 20.3 Å². The number of hydrogen-bond acceptors (Lipinski definition) is 4. The molecule has 0 aliphatic carbocycles. The van der Waals surface area contributed by atoms with Crippen LogP contribution in [0.15, 0.2) is 24.3 Å². The van der Waals surface area contributed by atoms with Crippen molar-refractivity contribution in [3.05, 3.63) is 24.3 Å². The summed E-state index contributed by atoms with van der Waals surface area (Å²) < 4.78 is 11.0. The van der Waals surface area contributed by atoms with Crippen molar-refractivity contribution in [2.24, 2.45) is 17.6 Å². The number of rotatable bonds is 5. The van der Waals surface area contributed by atoms with Crippen LogP contribution >= 0.6 is 0 Å². The van der Waals surface area contributed by atoms with Crippen LogP contribution in [0, 0.1) is 11.8 Å². The summed E-state index contributed by atoms with van der Waals surface area (Å²) in [5, 5.41) is 9.58. The lowest BCUT2D eigenvalue weighted by atomic mass is 9.92. The molecule has 1 aromatic carbocycles. The van der Waals surface area contributed by atoms with Gasteiger partial charge in [0, 0.05) is 19.1 Å². The lowest BCUT2D eigenvalue weighted by Gasteiger charge is -2.21. The third kappa shape index (κ3) is 3.11. The van der Waals surface area contributed by atoms with Gasteiger partial charge in [0.05, 0.1) is 6.61 Å². The van der Waals surface area contributed by atoms with Crippen LogP contribution in [0.4, 0.5) is 0 Å². The molecule has 94 valence electrons. The summed E-state index contributed by atoms with van der Waals surface area (Å²) in [5.41, 5.74) is 5.76. The summed E-state index contributed by atoms with van der Waals surface area (Å²) in [5.74, 6) is 1.46. The van der Waals surface area contributed by atoms with E-state index in [0.717, 1.165) is 19.6 Å². The highest BCUT2D eigenvalue weighted by atomic mass is 16.5. The quantitative estimate of drug-likeness (QED) is 0.812. The molecule has 0 aromatic heterocycles. The Kier molecular flexibility index (Phi) is 4.23. The van der Waals surface area contributed by atoms with Crippen LogP contribution < -0.4 is 10.5 Å². The average Bonchev–Trinajstić information content (AvgIpc) is 2.86. The van der Waals surface area contributed by atoms with E-state index in [1.165, 1.54) is 0 Å². The van der Waals surface area contributed by atoms with Crippen LogP contribution in [0.1, 0.15) is 6.42 Å². The van der Waals surface area contributed by atoms with E-state index in [1.54, 1.807) is 18.2 Å². The van der Waals surface area contributed by atoms with Crippen LogP contribution in [0.5, 0.6) is 11.5 Å². The normalized spacial score (nSPS) is 21.4. The minimum absolute atomic E-state index is 0.172. The standard InChI is InChI=1S/C13H19NO3/c14-7-11(10-5-6-16-8-10)9-17-13-4-2-1-3-12(13)15/h1-4,10-11,15H,5-9,14H2. The van der Waals surface area contributed by atoms with E-state index in [4.69, 9.17) is 15.2 Å². The predicted molar refractivity (Wildman–Crippen MR) is 65.1 cm³/mol. The molecule has 1 aliphatic heterocycles. The number of nitrogens with two attached hydrogens (primary N) is 1.